The van der Waals surface area contributed by atoms with Crippen LogP contribution in [0.1, 0.15) is 33.9 Å². The normalized spacial score (nSPS) is 22.3. The van der Waals surface area contributed by atoms with E-state index in [0.717, 1.165) is 36.6 Å². The predicted molar refractivity (Wildman–Crippen MR) is 98.9 cm³/mol. The van der Waals surface area contributed by atoms with E-state index in [1.54, 1.807) is 35.9 Å². The average molecular weight is 370 g/mol. The largest absolute Gasteiger partial charge is 0.337 e. The van der Waals surface area contributed by atoms with Crippen molar-refractivity contribution in [1.29, 1.82) is 0 Å². The third-order valence-electron chi connectivity index (χ3n) is 5.25. The Morgan fingerprint density at radius 3 is 2.73 bits per heavy atom. The van der Waals surface area contributed by atoms with E-state index < -0.39 is 0 Å². The Bertz CT molecular complexity index is 807. The average Bonchev–Trinajstić information content (AvgIpc) is 2.86. The summed E-state index contributed by atoms with van der Waals surface area (Å²) in [5.41, 5.74) is 1.51. The lowest BCUT2D eigenvalue weighted by Crippen LogP contribution is -2.48. The third kappa shape index (κ3) is 3.49. The van der Waals surface area contributed by atoms with Crippen molar-refractivity contribution >= 4 is 23.2 Å². The van der Waals surface area contributed by atoms with Gasteiger partial charge >= 0.3 is 0 Å². The van der Waals surface area contributed by atoms with E-state index in [1.165, 1.54) is 0 Å². The van der Waals surface area contributed by atoms with Crippen LogP contribution in [0, 0.1) is 12.8 Å². The second-order valence-corrected chi connectivity index (χ2v) is 8.19. The highest BCUT2D eigenvalue weighted by molar-refractivity contribution is 7.09. The molecule has 3 saturated heterocycles. The molecule has 2 aromatic heterocycles. The van der Waals surface area contributed by atoms with Gasteiger partial charge in [-0.15, -0.1) is 11.3 Å². The minimum atomic E-state index is 0.0359. The molecule has 2 bridgehead atoms. The Balaban J connectivity index is 1.48. The van der Waals surface area contributed by atoms with Gasteiger partial charge in [0.15, 0.2) is 0 Å². The number of amides is 2. The molecule has 2 amide bonds. The van der Waals surface area contributed by atoms with Gasteiger partial charge in [-0.3, -0.25) is 14.6 Å². The fourth-order valence-corrected chi connectivity index (χ4v) is 4.59. The Labute approximate surface area is 156 Å². The molecule has 3 aliphatic rings. The zero-order valence-electron chi connectivity index (χ0n) is 14.8. The van der Waals surface area contributed by atoms with Crippen molar-refractivity contribution in [2.45, 2.75) is 32.2 Å². The summed E-state index contributed by atoms with van der Waals surface area (Å²) in [6, 6.07) is 3.61. The molecule has 0 aromatic carbocycles. The summed E-state index contributed by atoms with van der Waals surface area (Å²) >= 11 is 1.57. The van der Waals surface area contributed by atoms with Gasteiger partial charge < -0.3 is 9.80 Å². The molecule has 5 heterocycles. The van der Waals surface area contributed by atoms with Crippen LogP contribution in [-0.2, 0) is 11.2 Å². The van der Waals surface area contributed by atoms with E-state index in [4.69, 9.17) is 0 Å². The van der Waals surface area contributed by atoms with Crippen LogP contribution < -0.4 is 0 Å². The second kappa shape index (κ2) is 7.15. The molecule has 3 fully saturated rings. The van der Waals surface area contributed by atoms with Crippen molar-refractivity contribution < 1.29 is 9.59 Å². The van der Waals surface area contributed by atoms with Crippen LogP contribution in [0.4, 0.5) is 0 Å². The van der Waals surface area contributed by atoms with Gasteiger partial charge in [-0.2, -0.15) is 0 Å². The maximum atomic E-state index is 12.8. The van der Waals surface area contributed by atoms with Crippen LogP contribution >= 0.6 is 11.3 Å². The van der Waals surface area contributed by atoms with Crippen molar-refractivity contribution in [3.05, 3.63) is 46.2 Å². The monoisotopic (exact) mass is 370 g/mol. The number of aryl methyl sites for hydroxylation is 1. The number of aromatic nitrogens is 2. The fourth-order valence-electron chi connectivity index (χ4n) is 3.98. The van der Waals surface area contributed by atoms with Crippen LogP contribution in [0.5, 0.6) is 0 Å². The number of fused-ring (bicyclic) bond motifs is 4. The summed E-state index contributed by atoms with van der Waals surface area (Å²) < 4.78 is 0. The predicted octanol–water partition coefficient (Wildman–Crippen LogP) is 2.15. The number of hydrogen-bond donors (Lipinski definition) is 0. The van der Waals surface area contributed by atoms with Gasteiger partial charge in [-0.25, -0.2) is 4.98 Å². The first-order valence-corrected chi connectivity index (χ1v) is 9.88. The SMILES string of the molecule is Cc1nc(CC(=O)N2C[C@H]3CC[C@@H]2CN(C(=O)c2ccncc2)C3)cs1. The molecule has 7 heteroatoms. The van der Waals surface area contributed by atoms with E-state index in [0.29, 0.717) is 24.4 Å². The van der Waals surface area contributed by atoms with Crippen molar-refractivity contribution in [2.75, 3.05) is 19.6 Å². The van der Waals surface area contributed by atoms with Gasteiger partial charge in [0, 0.05) is 49.0 Å². The molecule has 0 saturated carbocycles. The Morgan fingerprint density at radius 2 is 2.00 bits per heavy atom. The summed E-state index contributed by atoms with van der Waals surface area (Å²) in [6.07, 6.45) is 5.68. The molecule has 0 spiro atoms. The zero-order valence-corrected chi connectivity index (χ0v) is 15.6. The van der Waals surface area contributed by atoms with Crippen molar-refractivity contribution in [3.8, 4) is 0 Å². The number of thiazole rings is 1. The van der Waals surface area contributed by atoms with Crippen molar-refractivity contribution in [3.63, 3.8) is 0 Å². The number of hydrogen-bond acceptors (Lipinski definition) is 5. The summed E-state index contributed by atoms with van der Waals surface area (Å²) in [5.74, 6) is 0.512. The molecule has 0 aliphatic carbocycles. The van der Waals surface area contributed by atoms with Gasteiger partial charge in [0.05, 0.1) is 17.1 Å². The van der Waals surface area contributed by atoms with Gasteiger partial charge in [0.25, 0.3) is 5.91 Å². The van der Waals surface area contributed by atoms with Crippen LogP contribution in [0.15, 0.2) is 29.9 Å². The molecule has 0 unspecified atom stereocenters. The van der Waals surface area contributed by atoms with E-state index in [-0.39, 0.29) is 17.9 Å². The van der Waals surface area contributed by atoms with Gasteiger partial charge in [0.2, 0.25) is 5.91 Å². The highest BCUT2D eigenvalue weighted by Gasteiger charge is 2.38. The molecular formula is C19H22N4O2S. The molecule has 2 aromatic rings. The first-order chi connectivity index (χ1) is 12.6. The summed E-state index contributed by atoms with van der Waals surface area (Å²) in [4.78, 5) is 38.0. The molecule has 3 aliphatic heterocycles. The third-order valence-corrected chi connectivity index (χ3v) is 6.07. The summed E-state index contributed by atoms with van der Waals surface area (Å²) in [7, 11) is 0. The molecular weight excluding hydrogens is 348 g/mol. The number of nitrogens with zero attached hydrogens (tertiary/aromatic N) is 4. The fraction of sp³-hybridized carbons (Fsp3) is 0.474. The smallest absolute Gasteiger partial charge is 0.254 e. The zero-order chi connectivity index (χ0) is 18.1. The van der Waals surface area contributed by atoms with E-state index >= 15 is 0 Å². The highest BCUT2D eigenvalue weighted by Crippen LogP contribution is 2.29. The lowest BCUT2D eigenvalue weighted by Gasteiger charge is -2.36. The Morgan fingerprint density at radius 1 is 1.19 bits per heavy atom. The minimum Gasteiger partial charge on any atom is -0.337 e. The first-order valence-electron chi connectivity index (χ1n) is 9.00. The Kier molecular flexibility index (Phi) is 4.72. The molecule has 136 valence electrons. The van der Waals surface area contributed by atoms with Crippen LogP contribution in [0.25, 0.3) is 0 Å². The highest BCUT2D eigenvalue weighted by atomic mass is 32.1. The molecule has 5 rings (SSSR count). The maximum Gasteiger partial charge on any atom is 0.254 e. The van der Waals surface area contributed by atoms with Crippen molar-refractivity contribution in [1.82, 2.24) is 19.8 Å². The standard InChI is InChI=1S/C19H22N4O2S/c1-13-21-16(12-26-13)8-18(24)23-10-14-2-3-17(23)11-22(9-14)19(25)15-4-6-20-7-5-15/h4-7,12,14,17H,2-3,8-11H2,1H3/t14-,17+/m0/s1. The topological polar surface area (TPSA) is 66.4 Å². The molecule has 26 heavy (non-hydrogen) atoms. The van der Waals surface area contributed by atoms with E-state index in [2.05, 4.69) is 9.97 Å². The van der Waals surface area contributed by atoms with Gasteiger partial charge in [0.1, 0.15) is 0 Å². The van der Waals surface area contributed by atoms with Crippen LogP contribution in [0.3, 0.4) is 0 Å². The summed E-state index contributed by atoms with van der Waals surface area (Å²) in [5, 5.41) is 2.95. The molecule has 0 radical (unpaired) electrons. The van der Waals surface area contributed by atoms with Crippen LogP contribution in [-0.4, -0.2) is 57.3 Å². The molecule has 6 nitrogen and oxygen atoms in total. The molecule has 0 N–H and O–H groups in total. The summed E-state index contributed by atoms with van der Waals surface area (Å²) in [6.45, 7) is 4.03. The van der Waals surface area contributed by atoms with Gasteiger partial charge in [-0.1, -0.05) is 0 Å². The maximum absolute atomic E-state index is 12.8. The Hall–Kier alpha value is -2.28. The number of piperidine rings is 1. The van der Waals surface area contributed by atoms with E-state index in [1.807, 2.05) is 22.1 Å². The second-order valence-electron chi connectivity index (χ2n) is 7.12. The minimum absolute atomic E-state index is 0.0359. The number of pyridine rings is 1. The lowest BCUT2D eigenvalue weighted by atomic mass is 9.94. The number of carbonyl (C=O) groups excluding carboxylic acids is 2. The lowest BCUT2D eigenvalue weighted by molar-refractivity contribution is -0.134. The number of carbonyl (C=O) groups is 2. The number of rotatable bonds is 3. The first kappa shape index (κ1) is 17.1. The molecule has 2 atom stereocenters. The van der Waals surface area contributed by atoms with E-state index in [9.17, 15) is 9.59 Å². The van der Waals surface area contributed by atoms with Gasteiger partial charge in [-0.05, 0) is 37.8 Å². The van der Waals surface area contributed by atoms with Crippen LogP contribution in [0.2, 0.25) is 0 Å². The quantitative estimate of drug-likeness (QED) is 0.830. The van der Waals surface area contributed by atoms with Crippen molar-refractivity contribution in [2.24, 2.45) is 5.92 Å².